The molecule has 3 heterocycles. The second-order valence-corrected chi connectivity index (χ2v) is 9.11. The molecule has 0 aromatic carbocycles. The van der Waals surface area contributed by atoms with Crippen LogP contribution in [0.5, 0.6) is 0 Å². The van der Waals surface area contributed by atoms with Crippen molar-refractivity contribution in [2.45, 2.75) is 24.7 Å². The molecule has 1 aliphatic heterocycles. The van der Waals surface area contributed by atoms with Crippen LogP contribution in [0, 0.1) is 12.8 Å². The number of aromatic nitrogens is 2. The Morgan fingerprint density at radius 2 is 2.11 bits per heavy atom. The Kier molecular flexibility index (Phi) is 6.37. The van der Waals surface area contributed by atoms with Crippen LogP contribution in [0.25, 0.3) is 0 Å². The van der Waals surface area contributed by atoms with Crippen molar-refractivity contribution >= 4 is 38.4 Å². The number of piperidine rings is 1. The van der Waals surface area contributed by atoms with Gasteiger partial charge in [-0.1, -0.05) is 0 Å². The van der Waals surface area contributed by atoms with Crippen molar-refractivity contribution in [2.75, 3.05) is 25.0 Å². The molecule has 11 heteroatoms. The van der Waals surface area contributed by atoms with Crippen molar-refractivity contribution in [2.24, 2.45) is 5.92 Å². The number of ether oxygens (including phenoxy) is 1. The summed E-state index contributed by atoms with van der Waals surface area (Å²) in [5, 5.41) is 4.82. The van der Waals surface area contributed by atoms with Crippen LogP contribution in [0.2, 0.25) is 0 Å². The van der Waals surface area contributed by atoms with Gasteiger partial charge in [0, 0.05) is 30.9 Å². The average Bonchev–Trinajstić information content (AvgIpc) is 3.11. The number of pyridine rings is 1. The molecule has 0 spiro atoms. The van der Waals surface area contributed by atoms with E-state index in [1.54, 1.807) is 11.4 Å². The number of hydrogen-bond acceptors (Lipinski definition) is 8. The molecule has 1 aliphatic rings. The first-order valence-electron chi connectivity index (χ1n) is 8.65. The van der Waals surface area contributed by atoms with Gasteiger partial charge in [-0.25, -0.2) is 13.4 Å². The molecule has 1 amide bonds. The Morgan fingerprint density at radius 1 is 1.36 bits per heavy atom. The standard InChI is InChI=1S/C17H20N4O5S2/c1-12-11-27-17(19-12)20-15(22)10-26-16(23)13-4-7-21(8-5-13)28(24,25)14-3-2-6-18-9-14/h2-3,6,9,11,13H,4-5,7-8,10H2,1H3,(H,19,20,22). The zero-order chi connectivity index (χ0) is 20.1. The molecule has 3 rings (SSSR count). The fraction of sp³-hybridized carbons (Fsp3) is 0.412. The topological polar surface area (TPSA) is 119 Å². The maximum Gasteiger partial charge on any atom is 0.309 e. The van der Waals surface area contributed by atoms with Gasteiger partial charge in [0.1, 0.15) is 4.90 Å². The van der Waals surface area contributed by atoms with Crippen molar-refractivity contribution in [3.8, 4) is 0 Å². The molecule has 0 radical (unpaired) electrons. The Bertz CT molecular complexity index is 937. The molecule has 1 N–H and O–H groups in total. The number of carbonyl (C=O) groups is 2. The molecule has 0 aliphatic carbocycles. The van der Waals surface area contributed by atoms with E-state index in [2.05, 4.69) is 15.3 Å². The summed E-state index contributed by atoms with van der Waals surface area (Å²) in [4.78, 5) is 32.1. The predicted octanol–water partition coefficient (Wildman–Crippen LogP) is 1.43. The molecule has 2 aromatic rings. The highest BCUT2D eigenvalue weighted by molar-refractivity contribution is 7.89. The second-order valence-electron chi connectivity index (χ2n) is 6.32. The van der Waals surface area contributed by atoms with E-state index in [-0.39, 0.29) is 18.0 Å². The Hall–Kier alpha value is -2.37. The van der Waals surface area contributed by atoms with E-state index >= 15 is 0 Å². The number of nitrogens with zero attached hydrogens (tertiary/aromatic N) is 3. The summed E-state index contributed by atoms with van der Waals surface area (Å²) in [6.07, 6.45) is 3.49. The predicted molar refractivity (Wildman–Crippen MR) is 102 cm³/mol. The maximum atomic E-state index is 12.6. The van der Waals surface area contributed by atoms with Gasteiger partial charge in [-0.3, -0.25) is 19.9 Å². The van der Waals surface area contributed by atoms with Crippen LogP contribution in [-0.4, -0.2) is 54.3 Å². The molecule has 1 fully saturated rings. The van der Waals surface area contributed by atoms with Gasteiger partial charge in [-0.15, -0.1) is 11.3 Å². The molecule has 0 saturated carbocycles. The first-order valence-corrected chi connectivity index (χ1v) is 11.0. The van der Waals surface area contributed by atoms with Crippen LogP contribution in [0.4, 0.5) is 5.13 Å². The van der Waals surface area contributed by atoms with Crippen LogP contribution in [0.3, 0.4) is 0 Å². The summed E-state index contributed by atoms with van der Waals surface area (Å²) in [5.41, 5.74) is 0.797. The fourth-order valence-corrected chi connectivity index (χ4v) is 4.94. The lowest BCUT2D eigenvalue weighted by Gasteiger charge is -2.29. The van der Waals surface area contributed by atoms with Crippen LogP contribution in [0.15, 0.2) is 34.8 Å². The average molecular weight is 425 g/mol. The zero-order valence-corrected chi connectivity index (χ0v) is 16.8. The maximum absolute atomic E-state index is 12.6. The monoisotopic (exact) mass is 424 g/mol. The third kappa shape index (κ3) is 4.91. The van der Waals surface area contributed by atoms with Gasteiger partial charge in [0.15, 0.2) is 11.7 Å². The molecule has 0 bridgehead atoms. The molecule has 150 valence electrons. The molecular formula is C17H20N4O5S2. The summed E-state index contributed by atoms with van der Waals surface area (Å²) >= 11 is 1.29. The minimum atomic E-state index is -3.62. The smallest absolute Gasteiger partial charge is 0.309 e. The van der Waals surface area contributed by atoms with Gasteiger partial charge in [-0.05, 0) is 31.9 Å². The molecule has 28 heavy (non-hydrogen) atoms. The van der Waals surface area contributed by atoms with Gasteiger partial charge >= 0.3 is 5.97 Å². The fourth-order valence-electron chi connectivity index (χ4n) is 2.80. The summed E-state index contributed by atoms with van der Waals surface area (Å²) in [6, 6.07) is 3.06. The molecular weight excluding hydrogens is 404 g/mol. The molecule has 1 saturated heterocycles. The van der Waals surface area contributed by atoms with Crippen molar-refractivity contribution in [1.29, 1.82) is 0 Å². The summed E-state index contributed by atoms with van der Waals surface area (Å²) in [7, 11) is -3.62. The normalized spacial score (nSPS) is 15.9. The number of esters is 1. The third-order valence-corrected chi connectivity index (χ3v) is 7.03. The van der Waals surface area contributed by atoms with Gasteiger partial charge in [0.2, 0.25) is 10.0 Å². The van der Waals surface area contributed by atoms with Gasteiger partial charge in [0.05, 0.1) is 11.6 Å². The van der Waals surface area contributed by atoms with E-state index in [0.29, 0.717) is 18.0 Å². The lowest BCUT2D eigenvalue weighted by atomic mass is 9.98. The summed E-state index contributed by atoms with van der Waals surface area (Å²) in [6.45, 7) is 1.84. The summed E-state index contributed by atoms with van der Waals surface area (Å²) < 4.78 is 31.5. The number of carbonyl (C=O) groups excluding carboxylic acids is 2. The quantitative estimate of drug-likeness (QED) is 0.697. The highest BCUT2D eigenvalue weighted by Gasteiger charge is 2.33. The van der Waals surface area contributed by atoms with E-state index in [0.717, 1.165) is 5.69 Å². The number of nitrogens with one attached hydrogen (secondary N) is 1. The molecule has 2 aromatic heterocycles. The first kappa shape index (κ1) is 20.4. The van der Waals surface area contributed by atoms with Gasteiger partial charge < -0.3 is 4.74 Å². The van der Waals surface area contributed by atoms with Crippen molar-refractivity contribution in [3.63, 3.8) is 0 Å². The third-order valence-electron chi connectivity index (χ3n) is 4.27. The Labute approximate surface area is 166 Å². The van der Waals surface area contributed by atoms with Crippen LogP contribution in [0.1, 0.15) is 18.5 Å². The minimum absolute atomic E-state index is 0.130. The molecule has 9 nitrogen and oxygen atoms in total. The minimum Gasteiger partial charge on any atom is -0.455 e. The van der Waals surface area contributed by atoms with Gasteiger partial charge in [0.25, 0.3) is 5.91 Å². The van der Waals surface area contributed by atoms with Crippen LogP contribution < -0.4 is 5.32 Å². The largest absolute Gasteiger partial charge is 0.455 e. The van der Waals surface area contributed by atoms with Gasteiger partial charge in [-0.2, -0.15) is 4.31 Å². The Balaban J connectivity index is 1.46. The lowest BCUT2D eigenvalue weighted by Crippen LogP contribution is -2.40. The Morgan fingerprint density at radius 3 is 2.71 bits per heavy atom. The van der Waals surface area contributed by atoms with E-state index in [9.17, 15) is 18.0 Å². The van der Waals surface area contributed by atoms with E-state index in [1.807, 2.05) is 6.92 Å². The lowest BCUT2D eigenvalue weighted by molar-refractivity contribution is -0.152. The number of anilines is 1. The number of hydrogen-bond donors (Lipinski definition) is 1. The van der Waals surface area contributed by atoms with E-state index in [1.165, 1.54) is 34.1 Å². The number of rotatable bonds is 6. The summed E-state index contributed by atoms with van der Waals surface area (Å²) in [5.74, 6) is -1.39. The number of sulfonamides is 1. The highest BCUT2D eigenvalue weighted by atomic mass is 32.2. The van der Waals surface area contributed by atoms with Crippen LogP contribution >= 0.6 is 11.3 Å². The molecule has 0 atom stereocenters. The van der Waals surface area contributed by atoms with E-state index in [4.69, 9.17) is 4.74 Å². The number of thiazole rings is 1. The van der Waals surface area contributed by atoms with Crippen molar-refractivity contribution < 1.29 is 22.7 Å². The SMILES string of the molecule is Cc1csc(NC(=O)COC(=O)C2CCN(S(=O)(=O)c3cccnc3)CC2)n1. The molecule has 0 unspecified atom stereocenters. The van der Waals surface area contributed by atoms with Crippen LogP contribution in [-0.2, 0) is 24.3 Å². The number of amides is 1. The highest BCUT2D eigenvalue weighted by Crippen LogP contribution is 2.24. The van der Waals surface area contributed by atoms with E-state index < -0.39 is 34.4 Å². The first-order chi connectivity index (χ1) is 13.4. The van der Waals surface area contributed by atoms with Crippen molar-refractivity contribution in [3.05, 3.63) is 35.6 Å². The van der Waals surface area contributed by atoms with Crippen molar-refractivity contribution in [1.82, 2.24) is 14.3 Å². The number of aryl methyl sites for hydroxylation is 1. The second kappa shape index (κ2) is 8.76. The zero-order valence-electron chi connectivity index (χ0n) is 15.2.